The minimum Gasteiger partial charge on any atom is -0.394 e. The van der Waals surface area contributed by atoms with Crippen molar-refractivity contribution in [3.63, 3.8) is 0 Å². The monoisotopic (exact) mass is 180 g/mol. The standard InChI is InChI=1S/C10H12O3/c11-8-6-4-2-1-3-5-7-10(13)9-12/h4,6,10-13H,7-9H2/b6-4+/t10-/m0/s1. The topological polar surface area (TPSA) is 60.7 Å². The summed E-state index contributed by atoms with van der Waals surface area (Å²) in [7, 11) is 0. The van der Waals surface area contributed by atoms with Crippen LogP contribution in [0.1, 0.15) is 6.42 Å². The zero-order valence-corrected chi connectivity index (χ0v) is 7.20. The van der Waals surface area contributed by atoms with E-state index in [1.54, 1.807) is 0 Å². The molecule has 0 saturated heterocycles. The Morgan fingerprint density at radius 1 is 1.23 bits per heavy atom. The van der Waals surface area contributed by atoms with Gasteiger partial charge in [-0.05, 0) is 17.9 Å². The Kier molecular flexibility index (Phi) is 7.98. The van der Waals surface area contributed by atoms with Gasteiger partial charge in [-0.15, -0.1) is 0 Å². The summed E-state index contributed by atoms with van der Waals surface area (Å²) in [6.07, 6.45) is 2.42. The molecule has 0 aromatic heterocycles. The van der Waals surface area contributed by atoms with Crippen LogP contribution in [-0.4, -0.2) is 34.6 Å². The molecule has 0 spiro atoms. The van der Waals surface area contributed by atoms with Crippen molar-refractivity contribution < 1.29 is 15.3 Å². The van der Waals surface area contributed by atoms with Gasteiger partial charge in [0, 0.05) is 6.42 Å². The van der Waals surface area contributed by atoms with Crippen molar-refractivity contribution in [2.24, 2.45) is 0 Å². The highest BCUT2D eigenvalue weighted by molar-refractivity contribution is 5.30. The average Bonchev–Trinajstić information content (AvgIpc) is 2.16. The summed E-state index contributed by atoms with van der Waals surface area (Å²) in [5, 5.41) is 25.6. The first-order valence-electron chi connectivity index (χ1n) is 3.84. The van der Waals surface area contributed by atoms with Gasteiger partial charge in [-0.25, -0.2) is 0 Å². The molecule has 3 N–H and O–H groups in total. The zero-order chi connectivity index (χ0) is 9.94. The number of aliphatic hydroxyl groups is 3. The van der Waals surface area contributed by atoms with Gasteiger partial charge < -0.3 is 15.3 Å². The van der Waals surface area contributed by atoms with E-state index >= 15 is 0 Å². The van der Waals surface area contributed by atoms with Crippen LogP contribution in [0.4, 0.5) is 0 Å². The van der Waals surface area contributed by atoms with Crippen molar-refractivity contribution in [1.82, 2.24) is 0 Å². The maximum absolute atomic E-state index is 8.85. The number of aliphatic hydroxyl groups excluding tert-OH is 3. The molecule has 0 fully saturated rings. The Labute approximate surface area is 77.7 Å². The highest BCUT2D eigenvalue weighted by atomic mass is 16.3. The smallest absolute Gasteiger partial charge is 0.0880 e. The quantitative estimate of drug-likeness (QED) is 0.502. The number of hydrogen-bond donors (Lipinski definition) is 3. The van der Waals surface area contributed by atoms with E-state index in [4.69, 9.17) is 15.3 Å². The molecule has 0 bridgehead atoms. The molecule has 0 radical (unpaired) electrons. The molecule has 0 unspecified atom stereocenters. The highest BCUT2D eigenvalue weighted by Gasteiger charge is 1.95. The lowest BCUT2D eigenvalue weighted by atomic mass is 10.3. The lowest BCUT2D eigenvalue weighted by Gasteiger charge is -1.97. The molecule has 0 aromatic carbocycles. The van der Waals surface area contributed by atoms with Crippen LogP contribution in [-0.2, 0) is 0 Å². The predicted octanol–water partition coefficient (Wildman–Crippen LogP) is -0.715. The largest absolute Gasteiger partial charge is 0.394 e. The van der Waals surface area contributed by atoms with E-state index in [2.05, 4.69) is 23.7 Å². The average molecular weight is 180 g/mol. The van der Waals surface area contributed by atoms with Crippen molar-refractivity contribution in [2.75, 3.05) is 13.2 Å². The fourth-order valence-corrected chi connectivity index (χ4v) is 0.467. The molecule has 3 nitrogen and oxygen atoms in total. The Balaban J connectivity index is 3.70. The van der Waals surface area contributed by atoms with Gasteiger partial charge in [0.2, 0.25) is 0 Å². The number of rotatable bonds is 3. The fraction of sp³-hybridized carbons (Fsp3) is 0.400. The first kappa shape index (κ1) is 11.7. The van der Waals surface area contributed by atoms with E-state index in [1.807, 2.05) is 0 Å². The summed E-state index contributed by atoms with van der Waals surface area (Å²) < 4.78 is 0. The minimum atomic E-state index is -0.790. The van der Waals surface area contributed by atoms with Crippen molar-refractivity contribution in [3.05, 3.63) is 12.2 Å². The van der Waals surface area contributed by atoms with Crippen molar-refractivity contribution in [3.8, 4) is 23.7 Å². The molecular formula is C10H12O3. The molecule has 0 rings (SSSR count). The first-order chi connectivity index (χ1) is 6.31. The Morgan fingerprint density at radius 2 is 2.00 bits per heavy atom. The zero-order valence-electron chi connectivity index (χ0n) is 7.20. The van der Waals surface area contributed by atoms with Gasteiger partial charge in [0.1, 0.15) is 0 Å². The molecule has 13 heavy (non-hydrogen) atoms. The Hall–Kier alpha value is -1.26. The van der Waals surface area contributed by atoms with E-state index in [9.17, 15) is 0 Å². The van der Waals surface area contributed by atoms with Crippen molar-refractivity contribution in [2.45, 2.75) is 12.5 Å². The van der Waals surface area contributed by atoms with Crippen LogP contribution in [0.2, 0.25) is 0 Å². The number of allylic oxidation sites excluding steroid dienone is 1. The van der Waals surface area contributed by atoms with Crippen molar-refractivity contribution in [1.29, 1.82) is 0 Å². The van der Waals surface area contributed by atoms with Gasteiger partial charge in [0.25, 0.3) is 0 Å². The van der Waals surface area contributed by atoms with Gasteiger partial charge in [-0.3, -0.25) is 0 Å². The molecule has 0 aliphatic heterocycles. The maximum Gasteiger partial charge on any atom is 0.0880 e. The third-order valence-corrected chi connectivity index (χ3v) is 1.08. The fourth-order valence-electron chi connectivity index (χ4n) is 0.467. The molecule has 70 valence electrons. The third kappa shape index (κ3) is 8.65. The second kappa shape index (κ2) is 8.83. The van der Waals surface area contributed by atoms with Gasteiger partial charge in [0.15, 0.2) is 0 Å². The molecule has 0 aromatic rings. The van der Waals surface area contributed by atoms with Gasteiger partial charge in [0.05, 0.1) is 19.3 Å². The summed E-state index contributed by atoms with van der Waals surface area (Å²) in [4.78, 5) is 0. The van der Waals surface area contributed by atoms with E-state index in [1.165, 1.54) is 12.2 Å². The summed E-state index contributed by atoms with van der Waals surface area (Å²) in [6.45, 7) is -0.322. The van der Waals surface area contributed by atoms with Crippen LogP contribution in [0.3, 0.4) is 0 Å². The summed E-state index contributed by atoms with van der Waals surface area (Å²) >= 11 is 0. The lowest BCUT2D eigenvalue weighted by Crippen LogP contribution is -2.09. The Bertz CT molecular complexity index is 259. The van der Waals surface area contributed by atoms with Crippen molar-refractivity contribution >= 4 is 0 Å². The Morgan fingerprint density at radius 3 is 2.62 bits per heavy atom. The van der Waals surface area contributed by atoms with Crippen LogP contribution in [0.15, 0.2) is 12.2 Å². The lowest BCUT2D eigenvalue weighted by molar-refractivity contribution is 0.0992. The van der Waals surface area contributed by atoms with Crippen LogP contribution in [0.5, 0.6) is 0 Å². The van der Waals surface area contributed by atoms with Crippen LogP contribution in [0.25, 0.3) is 0 Å². The molecule has 0 aliphatic carbocycles. The predicted molar refractivity (Wildman–Crippen MR) is 49.5 cm³/mol. The van der Waals surface area contributed by atoms with E-state index in [-0.39, 0.29) is 19.6 Å². The summed E-state index contributed by atoms with van der Waals surface area (Å²) in [5.74, 6) is 10.1. The molecular weight excluding hydrogens is 168 g/mol. The summed E-state index contributed by atoms with van der Waals surface area (Å²) in [5.41, 5.74) is 0. The normalized spacial score (nSPS) is 11.3. The van der Waals surface area contributed by atoms with Gasteiger partial charge >= 0.3 is 0 Å². The summed E-state index contributed by atoms with van der Waals surface area (Å²) in [6, 6.07) is 0. The molecule has 0 saturated carbocycles. The second-order valence-electron chi connectivity index (χ2n) is 2.20. The molecule has 0 amide bonds. The maximum atomic E-state index is 8.85. The minimum absolute atomic E-state index is 0.0364. The van der Waals surface area contributed by atoms with Crippen LogP contribution >= 0.6 is 0 Å². The van der Waals surface area contributed by atoms with E-state index < -0.39 is 6.10 Å². The molecule has 3 heteroatoms. The molecule has 1 atom stereocenters. The molecule has 0 aliphatic rings. The SMILES string of the molecule is OC/C=C/C#CC#CC[C@H](O)CO. The number of hydrogen-bond acceptors (Lipinski definition) is 3. The highest BCUT2D eigenvalue weighted by Crippen LogP contribution is 1.85. The van der Waals surface area contributed by atoms with Crippen LogP contribution < -0.4 is 0 Å². The van der Waals surface area contributed by atoms with E-state index in [0.29, 0.717) is 0 Å². The van der Waals surface area contributed by atoms with Gasteiger partial charge in [-0.1, -0.05) is 17.9 Å². The third-order valence-electron chi connectivity index (χ3n) is 1.08. The molecule has 0 heterocycles. The van der Waals surface area contributed by atoms with Crippen LogP contribution in [0, 0.1) is 23.7 Å². The first-order valence-corrected chi connectivity index (χ1v) is 3.84. The van der Waals surface area contributed by atoms with Gasteiger partial charge in [-0.2, -0.15) is 0 Å². The van der Waals surface area contributed by atoms with E-state index in [0.717, 1.165) is 0 Å². The second-order valence-corrected chi connectivity index (χ2v) is 2.20.